The Morgan fingerprint density at radius 2 is 1.85 bits per heavy atom. The number of hydrogen-bond donors (Lipinski definition) is 0. The number of carbonyl (C=O) groups is 1. The zero-order valence-electron chi connectivity index (χ0n) is 15.4. The van der Waals surface area contributed by atoms with Gasteiger partial charge in [0.15, 0.2) is 5.65 Å². The van der Waals surface area contributed by atoms with Crippen LogP contribution in [0.1, 0.15) is 55.5 Å². The second-order valence-corrected chi connectivity index (χ2v) is 9.46. The summed E-state index contributed by atoms with van der Waals surface area (Å²) in [6.07, 6.45) is 10.4. The maximum atomic E-state index is 13.6. The standard InChI is InChI=1S/C21H26N4O/c1-13-4-19-22-11-17-12-24(3-2-18(17)25(19)23-13)20(26)21-8-14-5-15(9-21)7-16(6-14)10-21/h4,11,14-16H,2-3,5-10,12H2,1H3. The van der Waals surface area contributed by atoms with Crippen molar-refractivity contribution in [3.8, 4) is 0 Å². The van der Waals surface area contributed by atoms with Crippen molar-refractivity contribution >= 4 is 11.6 Å². The number of aromatic nitrogens is 3. The Morgan fingerprint density at radius 1 is 1.15 bits per heavy atom. The molecular formula is C21H26N4O. The molecule has 0 unspecified atom stereocenters. The molecule has 136 valence electrons. The average molecular weight is 350 g/mol. The summed E-state index contributed by atoms with van der Waals surface area (Å²) >= 11 is 0. The number of amides is 1. The van der Waals surface area contributed by atoms with Crippen molar-refractivity contribution in [2.75, 3.05) is 6.54 Å². The van der Waals surface area contributed by atoms with Crippen molar-refractivity contribution < 1.29 is 4.79 Å². The van der Waals surface area contributed by atoms with Crippen molar-refractivity contribution in [2.24, 2.45) is 23.2 Å². The van der Waals surface area contributed by atoms with Gasteiger partial charge in [0.25, 0.3) is 0 Å². The highest BCUT2D eigenvalue weighted by Crippen LogP contribution is 2.60. The van der Waals surface area contributed by atoms with Gasteiger partial charge in [-0.1, -0.05) is 0 Å². The molecule has 0 aromatic carbocycles. The first-order chi connectivity index (χ1) is 12.6. The number of fused-ring (bicyclic) bond motifs is 3. The zero-order valence-corrected chi connectivity index (χ0v) is 15.4. The van der Waals surface area contributed by atoms with E-state index in [2.05, 4.69) is 15.0 Å². The normalized spacial score (nSPS) is 35.1. The predicted molar refractivity (Wildman–Crippen MR) is 97.5 cm³/mol. The van der Waals surface area contributed by atoms with E-state index in [0.717, 1.165) is 61.3 Å². The van der Waals surface area contributed by atoms with Gasteiger partial charge in [0.05, 0.1) is 16.8 Å². The molecule has 0 saturated heterocycles. The smallest absolute Gasteiger partial charge is 0.229 e. The highest BCUT2D eigenvalue weighted by Gasteiger charge is 2.55. The lowest BCUT2D eigenvalue weighted by Crippen LogP contribution is -2.55. The maximum Gasteiger partial charge on any atom is 0.229 e. The molecule has 0 spiro atoms. The summed E-state index contributed by atoms with van der Waals surface area (Å²) in [5.74, 6) is 2.89. The first kappa shape index (κ1) is 15.2. The summed E-state index contributed by atoms with van der Waals surface area (Å²) in [5.41, 5.74) is 4.29. The Hall–Kier alpha value is -1.91. The van der Waals surface area contributed by atoms with Gasteiger partial charge in [-0.2, -0.15) is 5.10 Å². The van der Waals surface area contributed by atoms with Crippen molar-refractivity contribution in [1.29, 1.82) is 0 Å². The summed E-state index contributed by atoms with van der Waals surface area (Å²) in [5, 5.41) is 4.60. The second kappa shape index (κ2) is 5.08. The van der Waals surface area contributed by atoms with Gasteiger partial charge in [-0.3, -0.25) is 4.79 Å². The first-order valence-corrected chi connectivity index (χ1v) is 10.2. The maximum absolute atomic E-state index is 13.6. The van der Waals surface area contributed by atoms with E-state index in [4.69, 9.17) is 0 Å². The Kier molecular flexibility index (Phi) is 2.97. The lowest BCUT2D eigenvalue weighted by atomic mass is 9.49. The Morgan fingerprint density at radius 3 is 2.54 bits per heavy atom. The third-order valence-corrected chi connectivity index (χ3v) is 7.55. The van der Waals surface area contributed by atoms with E-state index in [-0.39, 0.29) is 5.41 Å². The molecular weight excluding hydrogens is 324 g/mol. The fraction of sp³-hybridized carbons (Fsp3) is 0.667. The van der Waals surface area contributed by atoms with Gasteiger partial charge in [0.1, 0.15) is 0 Å². The molecule has 2 aromatic rings. The summed E-state index contributed by atoms with van der Waals surface area (Å²) in [7, 11) is 0. The van der Waals surface area contributed by atoms with Crippen LogP contribution in [-0.2, 0) is 17.8 Å². The molecule has 4 aliphatic carbocycles. The van der Waals surface area contributed by atoms with E-state index < -0.39 is 0 Å². The van der Waals surface area contributed by atoms with Gasteiger partial charge in [-0.15, -0.1) is 0 Å². The van der Waals surface area contributed by atoms with Crippen molar-refractivity contribution in [3.05, 3.63) is 29.2 Å². The summed E-state index contributed by atoms with van der Waals surface area (Å²) in [6.45, 7) is 3.54. The fourth-order valence-electron chi connectivity index (χ4n) is 6.94. The van der Waals surface area contributed by atoms with E-state index in [1.54, 1.807) is 0 Å². The molecule has 4 bridgehead atoms. The highest BCUT2D eigenvalue weighted by molar-refractivity contribution is 5.83. The van der Waals surface area contributed by atoms with Gasteiger partial charge in [0, 0.05) is 37.3 Å². The van der Waals surface area contributed by atoms with Gasteiger partial charge in [-0.25, -0.2) is 9.50 Å². The van der Waals surface area contributed by atoms with Crippen LogP contribution in [0.25, 0.3) is 5.65 Å². The number of hydrogen-bond acceptors (Lipinski definition) is 3. The summed E-state index contributed by atoms with van der Waals surface area (Å²) in [4.78, 5) is 20.3. The number of nitrogens with zero attached hydrogens (tertiary/aromatic N) is 4. The summed E-state index contributed by atoms with van der Waals surface area (Å²) < 4.78 is 1.98. The van der Waals surface area contributed by atoms with Crippen LogP contribution in [0, 0.1) is 30.1 Å². The molecule has 2 aromatic heterocycles. The summed E-state index contributed by atoms with van der Waals surface area (Å²) in [6, 6.07) is 2.02. The van der Waals surface area contributed by atoms with E-state index >= 15 is 0 Å². The van der Waals surface area contributed by atoms with E-state index in [9.17, 15) is 4.79 Å². The van der Waals surface area contributed by atoms with Gasteiger partial charge < -0.3 is 4.90 Å². The van der Waals surface area contributed by atoms with Crippen LogP contribution in [0.2, 0.25) is 0 Å². The molecule has 4 fully saturated rings. The molecule has 3 heterocycles. The average Bonchev–Trinajstić information content (AvgIpc) is 3.00. The fourth-order valence-corrected chi connectivity index (χ4v) is 6.94. The molecule has 26 heavy (non-hydrogen) atoms. The topological polar surface area (TPSA) is 50.5 Å². The Bertz CT molecular complexity index is 879. The predicted octanol–water partition coefficient (Wildman–Crippen LogP) is 3.14. The minimum Gasteiger partial charge on any atom is -0.337 e. The van der Waals surface area contributed by atoms with E-state index in [1.807, 2.05) is 23.7 Å². The molecule has 1 amide bonds. The van der Waals surface area contributed by atoms with Gasteiger partial charge in [0.2, 0.25) is 5.91 Å². The molecule has 1 aliphatic heterocycles. The Balaban J connectivity index is 1.31. The number of carbonyl (C=O) groups excluding carboxylic acids is 1. The third kappa shape index (κ3) is 2.06. The quantitative estimate of drug-likeness (QED) is 0.794. The van der Waals surface area contributed by atoms with Crippen LogP contribution in [0.3, 0.4) is 0 Å². The minimum absolute atomic E-state index is 0.0356. The van der Waals surface area contributed by atoms with Crippen LogP contribution in [-0.4, -0.2) is 31.9 Å². The van der Waals surface area contributed by atoms with Crippen molar-refractivity contribution in [1.82, 2.24) is 19.5 Å². The molecule has 0 radical (unpaired) electrons. The monoisotopic (exact) mass is 350 g/mol. The van der Waals surface area contributed by atoms with Crippen LogP contribution in [0.15, 0.2) is 12.3 Å². The number of rotatable bonds is 1. The third-order valence-electron chi connectivity index (χ3n) is 7.55. The minimum atomic E-state index is -0.0356. The molecule has 0 N–H and O–H groups in total. The van der Waals surface area contributed by atoms with E-state index in [0.29, 0.717) is 12.5 Å². The van der Waals surface area contributed by atoms with E-state index in [1.165, 1.54) is 30.5 Å². The zero-order chi connectivity index (χ0) is 17.5. The highest BCUT2D eigenvalue weighted by atomic mass is 16.2. The molecule has 5 nitrogen and oxygen atoms in total. The molecule has 5 aliphatic rings. The van der Waals surface area contributed by atoms with Crippen LogP contribution in [0.4, 0.5) is 0 Å². The SMILES string of the molecule is Cc1cc2ncc3c(n2n1)CCN(C(=O)C12CC4CC(CC(C4)C1)C2)C3. The Labute approximate surface area is 153 Å². The molecule has 0 atom stereocenters. The molecule has 5 heteroatoms. The lowest BCUT2D eigenvalue weighted by molar-refractivity contribution is -0.158. The molecule has 7 rings (SSSR count). The van der Waals surface area contributed by atoms with Crippen molar-refractivity contribution in [3.63, 3.8) is 0 Å². The molecule has 4 saturated carbocycles. The van der Waals surface area contributed by atoms with Crippen LogP contribution < -0.4 is 0 Å². The van der Waals surface area contributed by atoms with Crippen LogP contribution >= 0.6 is 0 Å². The van der Waals surface area contributed by atoms with Crippen LogP contribution in [0.5, 0.6) is 0 Å². The van der Waals surface area contributed by atoms with Gasteiger partial charge >= 0.3 is 0 Å². The largest absolute Gasteiger partial charge is 0.337 e. The lowest BCUT2D eigenvalue weighted by Gasteiger charge is -2.56. The van der Waals surface area contributed by atoms with Crippen molar-refractivity contribution in [2.45, 2.75) is 58.4 Å². The number of aryl methyl sites for hydroxylation is 1. The van der Waals surface area contributed by atoms with Gasteiger partial charge in [-0.05, 0) is 63.2 Å². The second-order valence-electron chi connectivity index (χ2n) is 9.46. The first-order valence-electron chi connectivity index (χ1n) is 10.2.